The molecule has 0 bridgehead atoms. The van der Waals surface area contributed by atoms with Crippen LogP contribution < -0.4 is 5.73 Å². The third-order valence-electron chi connectivity index (χ3n) is 3.64. The maximum Gasteiger partial charge on any atom is 0.265 e. The Bertz CT molecular complexity index is 529. The summed E-state index contributed by atoms with van der Waals surface area (Å²) in [7, 11) is 0. The van der Waals surface area contributed by atoms with E-state index in [1.165, 1.54) is 11.3 Å². The minimum Gasteiger partial charge on any atom is -0.335 e. The largest absolute Gasteiger partial charge is 0.335 e. The summed E-state index contributed by atoms with van der Waals surface area (Å²) in [5.74, 6) is 5.90. The van der Waals surface area contributed by atoms with Crippen molar-refractivity contribution in [2.45, 2.75) is 19.9 Å². The average molecular weight is 291 g/mol. The van der Waals surface area contributed by atoms with Gasteiger partial charge in [0, 0.05) is 31.2 Å². The van der Waals surface area contributed by atoms with Gasteiger partial charge < -0.3 is 10.6 Å². The van der Waals surface area contributed by atoms with E-state index in [-0.39, 0.29) is 5.91 Å². The van der Waals surface area contributed by atoms with Gasteiger partial charge in [-0.05, 0) is 24.9 Å². The zero-order valence-electron chi connectivity index (χ0n) is 12.1. The number of nitrogens with two attached hydrogens (primary N) is 1. The highest BCUT2D eigenvalue weighted by molar-refractivity contribution is 7.12. The number of hydrogen-bond acceptors (Lipinski definition) is 4. The van der Waals surface area contributed by atoms with Crippen molar-refractivity contribution in [1.82, 2.24) is 9.80 Å². The second-order valence-corrected chi connectivity index (χ2v) is 5.81. The van der Waals surface area contributed by atoms with E-state index < -0.39 is 0 Å². The number of rotatable bonds is 2. The molecular formula is C15H21N3OS. The molecule has 1 saturated heterocycles. The van der Waals surface area contributed by atoms with Crippen molar-refractivity contribution in [2.24, 2.45) is 5.73 Å². The molecule has 1 unspecified atom stereocenters. The Morgan fingerprint density at radius 2 is 2.35 bits per heavy atom. The molecule has 0 saturated carbocycles. The maximum absolute atomic E-state index is 12.6. The molecule has 2 rings (SSSR count). The predicted molar refractivity (Wildman–Crippen MR) is 82.9 cm³/mol. The summed E-state index contributed by atoms with van der Waals surface area (Å²) in [5.41, 5.74) is 6.19. The first kappa shape index (κ1) is 15.0. The average Bonchev–Trinajstić information content (AvgIpc) is 2.92. The molecular weight excluding hydrogens is 270 g/mol. The van der Waals surface area contributed by atoms with E-state index >= 15 is 0 Å². The number of carbonyl (C=O) groups is 1. The second-order valence-electron chi connectivity index (χ2n) is 4.90. The van der Waals surface area contributed by atoms with Crippen LogP contribution in [0.25, 0.3) is 0 Å². The Hall–Kier alpha value is -1.35. The summed E-state index contributed by atoms with van der Waals surface area (Å²) in [6.45, 7) is 8.21. The van der Waals surface area contributed by atoms with Crippen molar-refractivity contribution >= 4 is 17.2 Å². The summed E-state index contributed by atoms with van der Waals surface area (Å²) < 4.78 is 0. The van der Waals surface area contributed by atoms with Crippen molar-refractivity contribution in [1.29, 1.82) is 0 Å². The molecule has 0 spiro atoms. The zero-order valence-corrected chi connectivity index (χ0v) is 12.9. The fourth-order valence-corrected chi connectivity index (χ4v) is 3.33. The second kappa shape index (κ2) is 6.89. The number of nitrogens with zero attached hydrogens (tertiary/aromatic N) is 2. The lowest BCUT2D eigenvalue weighted by Crippen LogP contribution is -2.53. The van der Waals surface area contributed by atoms with Crippen molar-refractivity contribution in [2.75, 3.05) is 32.7 Å². The number of likely N-dealkylation sites (N-methyl/N-ethyl adjacent to an activating group) is 1. The van der Waals surface area contributed by atoms with E-state index in [9.17, 15) is 4.79 Å². The van der Waals surface area contributed by atoms with Crippen LogP contribution in [-0.2, 0) is 0 Å². The first-order valence-electron chi connectivity index (χ1n) is 6.97. The first-order valence-corrected chi connectivity index (χ1v) is 7.85. The number of hydrogen-bond donors (Lipinski definition) is 1. The lowest BCUT2D eigenvalue weighted by atomic mass is 10.1. The number of thiophene rings is 1. The monoisotopic (exact) mass is 291 g/mol. The molecule has 2 N–H and O–H groups in total. The van der Waals surface area contributed by atoms with E-state index in [2.05, 4.69) is 30.6 Å². The molecule has 0 radical (unpaired) electrons. The van der Waals surface area contributed by atoms with Gasteiger partial charge in [-0.25, -0.2) is 0 Å². The Morgan fingerprint density at radius 1 is 1.55 bits per heavy atom. The summed E-state index contributed by atoms with van der Waals surface area (Å²) in [6, 6.07) is 2.31. The Balaban J connectivity index is 2.11. The Labute approximate surface area is 124 Å². The van der Waals surface area contributed by atoms with E-state index in [4.69, 9.17) is 5.73 Å². The van der Waals surface area contributed by atoms with Crippen LogP contribution in [0.5, 0.6) is 0 Å². The molecule has 108 valence electrons. The third-order valence-corrected chi connectivity index (χ3v) is 4.55. The lowest BCUT2D eigenvalue weighted by molar-refractivity contribution is 0.0532. The smallest absolute Gasteiger partial charge is 0.265 e. The molecule has 1 fully saturated rings. The maximum atomic E-state index is 12.6. The third kappa shape index (κ3) is 3.21. The van der Waals surface area contributed by atoms with E-state index in [0.717, 1.165) is 36.6 Å². The molecule has 20 heavy (non-hydrogen) atoms. The minimum atomic E-state index is 0.101. The van der Waals surface area contributed by atoms with Crippen LogP contribution in [0.3, 0.4) is 0 Å². The zero-order chi connectivity index (χ0) is 14.5. The Kier molecular flexibility index (Phi) is 5.18. The van der Waals surface area contributed by atoms with Crippen molar-refractivity contribution in [3.63, 3.8) is 0 Å². The van der Waals surface area contributed by atoms with Crippen LogP contribution in [0, 0.1) is 11.8 Å². The van der Waals surface area contributed by atoms with Crippen LogP contribution in [0.2, 0.25) is 0 Å². The van der Waals surface area contributed by atoms with Gasteiger partial charge in [0.15, 0.2) is 0 Å². The molecule has 0 aliphatic carbocycles. The molecule has 1 aromatic heterocycles. The van der Waals surface area contributed by atoms with Crippen LogP contribution in [0.4, 0.5) is 0 Å². The summed E-state index contributed by atoms with van der Waals surface area (Å²) in [4.78, 5) is 17.7. The molecule has 2 heterocycles. The predicted octanol–water partition coefficient (Wildman–Crippen LogP) is 1.22. The van der Waals surface area contributed by atoms with Crippen LogP contribution in [0.1, 0.15) is 29.1 Å². The van der Waals surface area contributed by atoms with Gasteiger partial charge in [0.25, 0.3) is 5.91 Å². The van der Waals surface area contributed by atoms with Crippen molar-refractivity contribution in [3.05, 3.63) is 21.9 Å². The molecule has 1 amide bonds. The van der Waals surface area contributed by atoms with E-state index in [0.29, 0.717) is 12.6 Å². The highest BCUT2D eigenvalue weighted by Gasteiger charge is 2.27. The molecule has 1 aromatic rings. The number of carbonyl (C=O) groups excluding carboxylic acids is 1. The molecule has 4 nitrogen and oxygen atoms in total. The first-order chi connectivity index (χ1) is 9.67. The van der Waals surface area contributed by atoms with Crippen molar-refractivity contribution in [3.8, 4) is 11.8 Å². The molecule has 1 atom stereocenters. The van der Waals surface area contributed by atoms with Gasteiger partial charge in [-0.15, -0.1) is 11.3 Å². The van der Waals surface area contributed by atoms with Crippen LogP contribution in [-0.4, -0.2) is 54.5 Å². The summed E-state index contributed by atoms with van der Waals surface area (Å²) in [6.07, 6.45) is 0. The van der Waals surface area contributed by atoms with Gasteiger partial charge in [0.2, 0.25) is 0 Å². The topological polar surface area (TPSA) is 49.6 Å². The Morgan fingerprint density at radius 3 is 3.00 bits per heavy atom. The van der Waals surface area contributed by atoms with Crippen LogP contribution >= 0.6 is 11.3 Å². The summed E-state index contributed by atoms with van der Waals surface area (Å²) >= 11 is 1.46. The fraction of sp³-hybridized carbons (Fsp3) is 0.533. The highest BCUT2D eigenvalue weighted by Crippen LogP contribution is 2.20. The molecule has 1 aliphatic rings. The highest BCUT2D eigenvalue weighted by atomic mass is 32.1. The van der Waals surface area contributed by atoms with Crippen molar-refractivity contribution < 1.29 is 4.79 Å². The van der Waals surface area contributed by atoms with E-state index in [1.807, 2.05) is 16.3 Å². The standard InChI is InChI=1S/C15H21N3OS/c1-3-17-8-9-18(11-12(17)2)15(19)14-13(5-4-7-16)6-10-20-14/h6,10,12H,3,7-9,11,16H2,1-2H3. The molecule has 0 aromatic carbocycles. The van der Waals surface area contributed by atoms with Crippen LogP contribution in [0.15, 0.2) is 11.4 Å². The van der Waals surface area contributed by atoms with E-state index in [1.54, 1.807) is 0 Å². The van der Waals surface area contributed by atoms with Gasteiger partial charge in [0.1, 0.15) is 4.88 Å². The number of piperazine rings is 1. The van der Waals surface area contributed by atoms with Gasteiger partial charge >= 0.3 is 0 Å². The lowest BCUT2D eigenvalue weighted by Gasteiger charge is -2.39. The minimum absolute atomic E-state index is 0.101. The molecule has 1 aliphatic heterocycles. The van der Waals surface area contributed by atoms with Gasteiger partial charge in [-0.2, -0.15) is 0 Å². The SMILES string of the molecule is CCN1CCN(C(=O)c2sccc2C#CCN)CC1C. The number of amides is 1. The summed E-state index contributed by atoms with van der Waals surface area (Å²) in [5, 5.41) is 1.92. The van der Waals surface area contributed by atoms with Gasteiger partial charge in [-0.3, -0.25) is 9.69 Å². The quantitative estimate of drug-likeness (QED) is 0.834. The normalized spacial score (nSPS) is 19.6. The fourth-order valence-electron chi connectivity index (χ4n) is 2.51. The van der Waals surface area contributed by atoms with Gasteiger partial charge in [-0.1, -0.05) is 18.8 Å². The molecule has 5 heteroatoms. The van der Waals surface area contributed by atoms with Gasteiger partial charge in [0.05, 0.1) is 6.54 Å².